The van der Waals surface area contributed by atoms with Crippen LogP contribution in [-0.2, 0) is 9.59 Å². The lowest BCUT2D eigenvalue weighted by atomic mass is 9.48. The number of primary amides is 1. The highest BCUT2D eigenvalue weighted by molar-refractivity contribution is 6.31. The van der Waals surface area contributed by atoms with E-state index in [2.05, 4.69) is 20.0 Å². The molecule has 15 nitrogen and oxygen atoms in total. The van der Waals surface area contributed by atoms with Gasteiger partial charge in [-0.3, -0.25) is 38.7 Å². The number of halogens is 3. The normalized spacial score (nSPS) is 23.9. The zero-order valence-corrected chi connectivity index (χ0v) is 35.8. The number of likely N-dealkylation sites (tertiary alicyclic amines) is 1. The number of aromatic nitrogens is 2. The Labute approximate surface area is 362 Å². The second-order valence-electron chi connectivity index (χ2n) is 18.1. The molecule has 0 radical (unpaired) electrons. The van der Waals surface area contributed by atoms with E-state index in [0.717, 1.165) is 49.9 Å². The van der Waals surface area contributed by atoms with Crippen molar-refractivity contribution in [3.05, 3.63) is 75.4 Å². The van der Waals surface area contributed by atoms with E-state index in [1.54, 1.807) is 29.2 Å². The molecular formula is C44H48ClF2N9O6. The van der Waals surface area contributed by atoms with Gasteiger partial charge < -0.3 is 20.3 Å². The fraction of sp³-hybridized carbons (Fsp3) is 0.500. The summed E-state index contributed by atoms with van der Waals surface area (Å²) in [5, 5.41) is 17.5. The van der Waals surface area contributed by atoms with E-state index in [9.17, 15) is 29.2 Å². The number of fused-ring (bicyclic) bond motifs is 1. The first kappa shape index (κ1) is 42.9. The molecule has 0 bridgehead atoms. The summed E-state index contributed by atoms with van der Waals surface area (Å²) in [6.07, 6.45) is 2.03. The summed E-state index contributed by atoms with van der Waals surface area (Å²) in [7, 11) is 0. The smallest absolute Gasteiger partial charge is 0.269 e. The number of ether oxygens (including phenoxy) is 1. The van der Waals surface area contributed by atoms with Crippen molar-refractivity contribution < 1.29 is 37.5 Å². The SMILES string of the molecule is CC1(C)C(Oc2ccc(C#N)c(Cl)c2)C(C)(C)C1N1C(=O)CCC(N2C(=O)c3cc(F)c(N4CCN(CCC5CCN(c6ccc(C(N)=O)nn6)CC5)CC4)c(F)c3C2=O)C1=O. The summed E-state index contributed by atoms with van der Waals surface area (Å²) in [4.78, 5) is 74.9. The number of piperazine rings is 1. The van der Waals surface area contributed by atoms with Crippen LogP contribution in [0.1, 0.15) is 96.6 Å². The molecular weight excluding hydrogens is 824 g/mol. The van der Waals surface area contributed by atoms with E-state index in [-0.39, 0.29) is 34.8 Å². The summed E-state index contributed by atoms with van der Waals surface area (Å²) in [5.41, 5.74) is 2.63. The molecule has 4 fully saturated rings. The Hall–Kier alpha value is -5.73. The number of rotatable bonds is 10. The first-order valence-corrected chi connectivity index (χ1v) is 21.3. The molecule has 1 atom stereocenters. The lowest BCUT2D eigenvalue weighted by Crippen LogP contribution is -2.77. The Morgan fingerprint density at radius 3 is 2.21 bits per heavy atom. The maximum absolute atomic E-state index is 16.5. The number of carbonyl (C=O) groups is 5. The van der Waals surface area contributed by atoms with Gasteiger partial charge in [0.05, 0.1) is 27.8 Å². The third-order valence-electron chi connectivity index (χ3n) is 13.5. The molecule has 4 aliphatic heterocycles. The number of nitrogens with zero attached hydrogens (tertiary/aromatic N) is 8. The van der Waals surface area contributed by atoms with Crippen LogP contribution in [0, 0.1) is 39.7 Å². The average molecular weight is 872 g/mol. The third-order valence-corrected chi connectivity index (χ3v) is 13.8. The van der Waals surface area contributed by atoms with Crippen molar-refractivity contribution in [2.45, 2.75) is 78.0 Å². The van der Waals surface area contributed by atoms with E-state index in [0.29, 0.717) is 48.6 Å². The Bertz CT molecular complexity index is 2380. The quantitative estimate of drug-likeness (QED) is 0.275. The van der Waals surface area contributed by atoms with Crippen molar-refractivity contribution in [3.8, 4) is 11.8 Å². The number of hydrogen-bond acceptors (Lipinski definition) is 12. The molecule has 1 saturated carbocycles. The van der Waals surface area contributed by atoms with Crippen LogP contribution in [-0.4, -0.2) is 118 Å². The summed E-state index contributed by atoms with van der Waals surface area (Å²) in [6, 6.07) is 8.79. The van der Waals surface area contributed by atoms with Crippen molar-refractivity contribution in [1.82, 2.24) is 24.9 Å². The molecule has 326 valence electrons. The molecule has 3 saturated heterocycles. The molecule has 1 aromatic heterocycles. The average Bonchev–Trinajstić information content (AvgIpc) is 3.49. The fourth-order valence-electron chi connectivity index (χ4n) is 10.7. The van der Waals surface area contributed by atoms with Crippen LogP contribution in [0.4, 0.5) is 20.3 Å². The summed E-state index contributed by atoms with van der Waals surface area (Å²) < 4.78 is 38.7. The van der Waals surface area contributed by atoms with E-state index in [4.69, 9.17) is 22.1 Å². The van der Waals surface area contributed by atoms with Crippen molar-refractivity contribution in [1.29, 1.82) is 5.26 Å². The minimum Gasteiger partial charge on any atom is -0.489 e. The number of anilines is 2. The van der Waals surface area contributed by atoms with E-state index in [1.165, 1.54) is 6.07 Å². The molecule has 5 aliphatic rings. The van der Waals surface area contributed by atoms with Crippen LogP contribution in [0.15, 0.2) is 36.4 Å². The molecule has 8 rings (SSSR count). The van der Waals surface area contributed by atoms with Gasteiger partial charge in [-0.1, -0.05) is 39.3 Å². The number of nitrogens with two attached hydrogens (primary N) is 1. The summed E-state index contributed by atoms with van der Waals surface area (Å²) >= 11 is 6.25. The minimum atomic E-state index is -1.41. The fourth-order valence-corrected chi connectivity index (χ4v) is 10.9. The predicted molar refractivity (Wildman–Crippen MR) is 222 cm³/mol. The molecule has 3 aromatic rings. The van der Waals surface area contributed by atoms with Crippen molar-refractivity contribution >= 4 is 52.6 Å². The predicted octanol–water partition coefficient (Wildman–Crippen LogP) is 4.80. The maximum Gasteiger partial charge on any atom is 0.269 e. The van der Waals surface area contributed by atoms with Crippen LogP contribution in [0.3, 0.4) is 0 Å². The van der Waals surface area contributed by atoms with Gasteiger partial charge in [-0.25, -0.2) is 8.78 Å². The maximum atomic E-state index is 16.5. The molecule has 5 amide bonds. The zero-order chi connectivity index (χ0) is 44.4. The highest BCUT2D eigenvalue weighted by Crippen LogP contribution is 2.58. The van der Waals surface area contributed by atoms with Crippen LogP contribution < -0.4 is 20.3 Å². The lowest BCUT2D eigenvalue weighted by molar-refractivity contribution is -0.216. The summed E-state index contributed by atoms with van der Waals surface area (Å²) in [6.45, 7) is 11.5. The monoisotopic (exact) mass is 871 g/mol. The van der Waals surface area contributed by atoms with E-state index >= 15 is 8.78 Å². The van der Waals surface area contributed by atoms with Gasteiger partial charge in [0.25, 0.3) is 23.6 Å². The number of amides is 5. The largest absolute Gasteiger partial charge is 0.489 e. The molecule has 2 N–H and O–H groups in total. The summed E-state index contributed by atoms with van der Waals surface area (Å²) in [5.74, 6) is -4.42. The Morgan fingerprint density at radius 1 is 0.903 bits per heavy atom. The third kappa shape index (κ3) is 7.30. The standard InChI is InChI=1S/C44H48ClF2N9O6/c1-43(2)41(44(3,4)42(43)62-26-6-5-25(23-48)28(45)21-26)56-33(57)10-8-31(39(56)60)55-38(59)27-22-29(46)36(35(47)34(27)40(55)61)54-19-17-52(18-20-54)14-11-24-12-15-53(16-13-24)32-9-7-30(37(49)58)50-51-32/h5-7,9,21-22,24,31,41-42H,8,10-20H2,1-4H3,(H2,49,58). The van der Waals surface area contributed by atoms with Crippen LogP contribution in [0.25, 0.3) is 0 Å². The molecule has 62 heavy (non-hydrogen) atoms. The Morgan fingerprint density at radius 2 is 1.60 bits per heavy atom. The Kier molecular flexibility index (Phi) is 11.2. The first-order chi connectivity index (χ1) is 29.4. The van der Waals surface area contributed by atoms with Crippen molar-refractivity contribution in [3.63, 3.8) is 0 Å². The van der Waals surface area contributed by atoms with E-state index < -0.39 is 81.3 Å². The van der Waals surface area contributed by atoms with Crippen molar-refractivity contribution in [2.75, 3.05) is 55.6 Å². The van der Waals surface area contributed by atoms with Gasteiger partial charge in [-0.2, -0.15) is 5.26 Å². The van der Waals surface area contributed by atoms with Gasteiger partial charge in [0.1, 0.15) is 35.5 Å². The van der Waals surface area contributed by atoms with Gasteiger partial charge >= 0.3 is 0 Å². The van der Waals surface area contributed by atoms with Gasteiger partial charge in [0.2, 0.25) is 5.91 Å². The second kappa shape index (κ2) is 16.2. The minimum absolute atomic E-state index is 0.120. The molecule has 18 heteroatoms. The van der Waals surface area contributed by atoms with Crippen LogP contribution in [0.5, 0.6) is 5.75 Å². The lowest BCUT2D eigenvalue weighted by Gasteiger charge is -2.65. The molecule has 1 aliphatic carbocycles. The highest BCUT2D eigenvalue weighted by Gasteiger charge is 2.68. The number of piperidine rings is 2. The molecule has 1 unspecified atom stereocenters. The molecule has 5 heterocycles. The Balaban J connectivity index is 0.901. The second-order valence-corrected chi connectivity index (χ2v) is 18.5. The van der Waals surface area contributed by atoms with Crippen LogP contribution in [0.2, 0.25) is 5.02 Å². The van der Waals surface area contributed by atoms with Crippen molar-refractivity contribution in [2.24, 2.45) is 22.5 Å². The number of imide groups is 2. The topological polar surface area (TPSA) is 186 Å². The van der Waals surface area contributed by atoms with Gasteiger partial charge in [-0.05, 0) is 68.5 Å². The zero-order valence-electron chi connectivity index (χ0n) is 35.0. The highest BCUT2D eigenvalue weighted by atomic mass is 35.5. The van der Waals surface area contributed by atoms with Crippen LogP contribution >= 0.6 is 11.6 Å². The number of hydrogen-bond donors (Lipinski definition) is 1. The molecule has 0 spiro atoms. The number of benzene rings is 2. The van der Waals surface area contributed by atoms with Gasteiger partial charge in [0.15, 0.2) is 17.3 Å². The first-order valence-electron chi connectivity index (χ1n) is 20.9. The molecule has 2 aromatic carbocycles. The van der Waals surface area contributed by atoms with E-state index in [1.807, 2.05) is 33.8 Å². The number of nitriles is 1. The van der Waals surface area contributed by atoms with Gasteiger partial charge in [-0.15, -0.1) is 10.2 Å². The van der Waals surface area contributed by atoms with Gasteiger partial charge in [0, 0.05) is 62.6 Å². The number of carbonyl (C=O) groups excluding carboxylic acids is 5.